The maximum absolute atomic E-state index is 13.8. The van der Waals surface area contributed by atoms with Crippen LogP contribution in [0.1, 0.15) is 78.8 Å². The van der Waals surface area contributed by atoms with Gasteiger partial charge in [-0.05, 0) is 42.5 Å². The van der Waals surface area contributed by atoms with Crippen LogP contribution in [0.2, 0.25) is 0 Å². The lowest BCUT2D eigenvalue weighted by atomic mass is 9.98. The number of halogens is 1. The maximum atomic E-state index is 13.8. The Bertz CT molecular complexity index is 1240. The summed E-state index contributed by atoms with van der Waals surface area (Å²) in [6.07, 6.45) is 3.55. The molecule has 7 heteroatoms. The van der Waals surface area contributed by atoms with E-state index in [9.17, 15) is 19.1 Å². The number of hydrogen-bond donors (Lipinski definition) is 1. The number of rotatable bonds is 8. The SMILES string of the molecule is CCCCc1nc(O)c(C(=O)N2CCC(c3cccc(F)c3)C2)c(=O)n1[C@@H](CC)c1ccccc1. The predicted molar refractivity (Wildman–Crippen MR) is 133 cm³/mol. The molecule has 1 aliphatic heterocycles. The molecule has 1 N–H and O–H groups in total. The van der Waals surface area contributed by atoms with E-state index < -0.39 is 17.3 Å². The molecule has 1 fully saturated rings. The zero-order chi connectivity index (χ0) is 24.9. The minimum atomic E-state index is -0.530. The number of aromatic hydroxyl groups is 1. The van der Waals surface area contributed by atoms with Crippen molar-refractivity contribution in [2.24, 2.45) is 0 Å². The largest absolute Gasteiger partial charge is 0.493 e. The zero-order valence-electron chi connectivity index (χ0n) is 20.3. The van der Waals surface area contributed by atoms with E-state index in [1.54, 1.807) is 15.5 Å². The fraction of sp³-hybridized carbons (Fsp3) is 0.393. The highest BCUT2D eigenvalue weighted by atomic mass is 19.1. The number of carbonyl (C=O) groups is 1. The molecule has 35 heavy (non-hydrogen) atoms. The smallest absolute Gasteiger partial charge is 0.270 e. The normalized spacial score (nSPS) is 16.4. The number of benzene rings is 2. The second-order valence-electron chi connectivity index (χ2n) is 9.13. The first-order valence-corrected chi connectivity index (χ1v) is 12.4. The van der Waals surface area contributed by atoms with Crippen LogP contribution in [0.5, 0.6) is 5.88 Å². The number of aryl methyl sites for hydroxylation is 1. The predicted octanol–water partition coefficient (Wildman–Crippen LogP) is 5.06. The van der Waals surface area contributed by atoms with Gasteiger partial charge in [-0.3, -0.25) is 14.2 Å². The van der Waals surface area contributed by atoms with Crippen molar-refractivity contribution in [2.75, 3.05) is 13.1 Å². The average Bonchev–Trinajstić information content (AvgIpc) is 3.36. The molecule has 2 heterocycles. The van der Waals surface area contributed by atoms with Gasteiger partial charge in [0.05, 0.1) is 6.04 Å². The molecule has 1 unspecified atom stereocenters. The molecule has 0 aliphatic carbocycles. The summed E-state index contributed by atoms with van der Waals surface area (Å²) in [6, 6.07) is 15.8. The fourth-order valence-corrected chi connectivity index (χ4v) is 4.96. The average molecular weight is 478 g/mol. The lowest BCUT2D eigenvalue weighted by Crippen LogP contribution is -2.38. The lowest BCUT2D eigenvalue weighted by Gasteiger charge is -2.24. The van der Waals surface area contributed by atoms with E-state index in [0.717, 1.165) is 24.0 Å². The Hall–Kier alpha value is -3.48. The van der Waals surface area contributed by atoms with Gasteiger partial charge in [0.15, 0.2) is 5.56 Å². The van der Waals surface area contributed by atoms with Crippen molar-refractivity contribution in [3.05, 3.63) is 93.3 Å². The van der Waals surface area contributed by atoms with E-state index in [4.69, 9.17) is 0 Å². The van der Waals surface area contributed by atoms with Gasteiger partial charge >= 0.3 is 0 Å². The summed E-state index contributed by atoms with van der Waals surface area (Å²) in [5, 5.41) is 10.7. The molecule has 6 nitrogen and oxygen atoms in total. The van der Waals surface area contributed by atoms with E-state index in [-0.39, 0.29) is 23.3 Å². The van der Waals surface area contributed by atoms with Crippen LogP contribution < -0.4 is 5.56 Å². The van der Waals surface area contributed by atoms with E-state index in [0.29, 0.717) is 38.2 Å². The molecule has 184 valence electrons. The van der Waals surface area contributed by atoms with Crippen molar-refractivity contribution >= 4 is 5.91 Å². The Morgan fingerprint density at radius 1 is 1.17 bits per heavy atom. The zero-order valence-corrected chi connectivity index (χ0v) is 20.3. The van der Waals surface area contributed by atoms with Crippen molar-refractivity contribution in [1.29, 1.82) is 0 Å². The molecule has 4 rings (SSSR count). The van der Waals surface area contributed by atoms with Crippen LogP contribution in [0, 0.1) is 5.82 Å². The molecule has 2 aromatic carbocycles. The highest BCUT2D eigenvalue weighted by Gasteiger charge is 2.33. The number of likely N-dealkylation sites (tertiary alicyclic amines) is 1. The number of amides is 1. The fourth-order valence-electron chi connectivity index (χ4n) is 4.96. The number of carbonyl (C=O) groups excluding carboxylic acids is 1. The minimum absolute atomic E-state index is 0.0245. The number of unbranched alkanes of at least 4 members (excludes halogenated alkanes) is 1. The first-order valence-electron chi connectivity index (χ1n) is 12.4. The van der Waals surface area contributed by atoms with Gasteiger partial charge in [0.25, 0.3) is 11.5 Å². The van der Waals surface area contributed by atoms with Gasteiger partial charge in [0, 0.05) is 25.4 Å². The van der Waals surface area contributed by atoms with Gasteiger partial charge in [0.2, 0.25) is 5.88 Å². The third-order valence-corrected chi connectivity index (χ3v) is 6.82. The van der Waals surface area contributed by atoms with Gasteiger partial charge in [-0.1, -0.05) is 62.7 Å². The highest BCUT2D eigenvalue weighted by molar-refractivity contribution is 5.96. The second-order valence-corrected chi connectivity index (χ2v) is 9.13. The molecule has 1 aliphatic rings. The van der Waals surface area contributed by atoms with E-state index in [1.165, 1.54) is 12.1 Å². The Morgan fingerprint density at radius 3 is 2.63 bits per heavy atom. The Kier molecular flexibility index (Phi) is 7.63. The van der Waals surface area contributed by atoms with Crippen molar-refractivity contribution in [3.8, 4) is 5.88 Å². The summed E-state index contributed by atoms with van der Waals surface area (Å²) in [4.78, 5) is 33.2. The van der Waals surface area contributed by atoms with Crippen molar-refractivity contribution in [1.82, 2.24) is 14.5 Å². The number of aromatic nitrogens is 2. The summed E-state index contributed by atoms with van der Waals surface area (Å²) in [7, 11) is 0. The second kappa shape index (κ2) is 10.8. The van der Waals surface area contributed by atoms with Crippen molar-refractivity contribution in [2.45, 2.75) is 57.9 Å². The first kappa shape index (κ1) is 24.6. The topological polar surface area (TPSA) is 75.4 Å². The highest BCUT2D eigenvalue weighted by Crippen LogP contribution is 2.30. The minimum Gasteiger partial charge on any atom is -0.493 e. The molecule has 1 aromatic heterocycles. The number of hydrogen-bond acceptors (Lipinski definition) is 4. The summed E-state index contributed by atoms with van der Waals surface area (Å²) in [5.41, 5.74) is 0.969. The number of nitrogens with zero attached hydrogens (tertiary/aromatic N) is 3. The van der Waals surface area contributed by atoms with Crippen molar-refractivity contribution in [3.63, 3.8) is 0 Å². The molecule has 0 radical (unpaired) electrons. The monoisotopic (exact) mass is 477 g/mol. The third kappa shape index (κ3) is 5.14. The van der Waals surface area contributed by atoms with Crippen LogP contribution in [-0.4, -0.2) is 38.6 Å². The molecule has 0 spiro atoms. The van der Waals surface area contributed by atoms with Gasteiger partial charge in [-0.15, -0.1) is 0 Å². The molecule has 1 amide bonds. The van der Waals surface area contributed by atoms with Crippen LogP contribution in [-0.2, 0) is 6.42 Å². The van der Waals surface area contributed by atoms with Gasteiger partial charge in [0.1, 0.15) is 11.6 Å². The molecule has 0 bridgehead atoms. The van der Waals surface area contributed by atoms with Crippen molar-refractivity contribution < 1.29 is 14.3 Å². The van der Waals surface area contributed by atoms with Gasteiger partial charge in [-0.25, -0.2) is 4.39 Å². The van der Waals surface area contributed by atoms with Crippen LogP contribution in [0.4, 0.5) is 4.39 Å². The van der Waals surface area contributed by atoms with Crippen LogP contribution >= 0.6 is 0 Å². The van der Waals surface area contributed by atoms with Gasteiger partial charge < -0.3 is 10.0 Å². The van der Waals surface area contributed by atoms with Crippen LogP contribution in [0.15, 0.2) is 59.4 Å². The quantitative estimate of drug-likeness (QED) is 0.492. The molecule has 0 saturated carbocycles. The summed E-state index contributed by atoms with van der Waals surface area (Å²) in [5.74, 6) is -0.896. The van der Waals surface area contributed by atoms with Crippen LogP contribution in [0.3, 0.4) is 0 Å². The van der Waals surface area contributed by atoms with E-state index >= 15 is 0 Å². The first-order chi connectivity index (χ1) is 16.9. The molecular weight excluding hydrogens is 445 g/mol. The van der Waals surface area contributed by atoms with Gasteiger partial charge in [-0.2, -0.15) is 4.98 Å². The van der Waals surface area contributed by atoms with E-state index in [1.807, 2.05) is 43.3 Å². The standard InChI is InChI=1S/C28H32FN3O3/c1-3-5-14-24-30-26(33)25(28(35)32(24)23(4-2)19-10-7-6-8-11-19)27(34)31-16-15-21(18-31)20-12-9-13-22(29)17-20/h6-13,17,21,23,33H,3-5,14-16,18H2,1-2H3/t21?,23-/m0/s1. The Labute approximate surface area is 205 Å². The summed E-state index contributed by atoms with van der Waals surface area (Å²) in [6.45, 7) is 4.82. The maximum Gasteiger partial charge on any atom is 0.270 e. The Balaban J connectivity index is 1.72. The summed E-state index contributed by atoms with van der Waals surface area (Å²) < 4.78 is 15.3. The molecular formula is C28H32FN3O3. The molecule has 1 saturated heterocycles. The van der Waals surface area contributed by atoms with Crippen LogP contribution in [0.25, 0.3) is 0 Å². The Morgan fingerprint density at radius 2 is 1.94 bits per heavy atom. The lowest BCUT2D eigenvalue weighted by molar-refractivity contribution is 0.0783. The van der Waals surface area contributed by atoms with E-state index in [2.05, 4.69) is 11.9 Å². The third-order valence-electron chi connectivity index (χ3n) is 6.82. The molecule has 3 aromatic rings. The molecule has 2 atom stereocenters. The summed E-state index contributed by atoms with van der Waals surface area (Å²) >= 11 is 0.